The molecule has 2 nitrogen and oxygen atoms in total. The van der Waals surface area contributed by atoms with Crippen LogP contribution in [0.5, 0.6) is 0 Å². The summed E-state index contributed by atoms with van der Waals surface area (Å²) >= 11 is 6.53. The van der Waals surface area contributed by atoms with Gasteiger partial charge in [-0.2, -0.15) is 0 Å². The molecule has 26 heavy (non-hydrogen) atoms. The summed E-state index contributed by atoms with van der Waals surface area (Å²) in [4.78, 5) is 10.9. The number of alkyl halides is 1. The van der Waals surface area contributed by atoms with Crippen LogP contribution in [0.15, 0.2) is 12.7 Å². The Morgan fingerprint density at radius 2 is 1.38 bits per heavy atom. The van der Waals surface area contributed by atoms with Crippen LogP contribution in [-0.2, 0) is 9.53 Å². The van der Waals surface area contributed by atoms with Crippen molar-refractivity contribution in [2.24, 2.45) is 5.92 Å². The fraction of sp³-hybridized carbons (Fsp3) is 0.870. The number of ether oxygens (including phenoxy) is 1. The Hall–Kier alpha value is -0.500. The number of esters is 1. The average Bonchev–Trinajstić information content (AvgIpc) is 2.59. The van der Waals surface area contributed by atoms with Crippen LogP contribution in [0.1, 0.15) is 111 Å². The second-order valence-electron chi connectivity index (χ2n) is 8.10. The molecule has 154 valence electrons. The van der Waals surface area contributed by atoms with E-state index in [0.29, 0.717) is 12.5 Å². The first-order chi connectivity index (χ1) is 12.4. The summed E-state index contributed by atoms with van der Waals surface area (Å²) in [6.07, 6.45) is 19.5. The molecular weight excluding hydrogens is 344 g/mol. The molecule has 0 bridgehead atoms. The lowest BCUT2D eigenvalue weighted by molar-refractivity contribution is -0.138. The largest absolute Gasteiger partial charge is 0.463 e. The molecule has 0 radical (unpaired) electrons. The topological polar surface area (TPSA) is 26.3 Å². The van der Waals surface area contributed by atoms with Crippen molar-refractivity contribution in [3.63, 3.8) is 0 Å². The van der Waals surface area contributed by atoms with E-state index < -0.39 is 0 Å². The summed E-state index contributed by atoms with van der Waals surface area (Å²) < 4.78 is 5.11. The summed E-state index contributed by atoms with van der Waals surface area (Å²) in [5.74, 6) is 0.0337. The lowest BCUT2D eigenvalue weighted by atomic mass is 9.87. The maximum atomic E-state index is 11.1. The molecule has 1 unspecified atom stereocenters. The monoisotopic (exact) mass is 386 g/mol. The molecule has 0 fully saturated rings. The van der Waals surface area contributed by atoms with Crippen molar-refractivity contribution < 1.29 is 9.53 Å². The summed E-state index contributed by atoms with van der Waals surface area (Å²) in [7, 11) is 0. The average molecular weight is 387 g/mol. The molecule has 3 heteroatoms. The first-order valence-corrected chi connectivity index (χ1v) is 11.3. The number of unbranched alkanes of at least 4 members (excludes halogenated alkanes) is 11. The van der Waals surface area contributed by atoms with Crippen molar-refractivity contribution in [2.45, 2.75) is 116 Å². The molecule has 0 spiro atoms. The van der Waals surface area contributed by atoms with E-state index in [1.165, 1.54) is 83.1 Å². The molecule has 0 N–H and O–H groups in total. The zero-order chi connectivity index (χ0) is 19.7. The SMILES string of the molecule is C=CC(=O)OCCC(CCCCCCCCCCCCCC)C(C)(C)Cl. The minimum absolute atomic E-state index is 0.252. The highest BCUT2D eigenvalue weighted by Crippen LogP contribution is 2.32. The number of halogens is 1. The second-order valence-corrected chi connectivity index (χ2v) is 9.07. The van der Waals surface area contributed by atoms with Gasteiger partial charge < -0.3 is 4.74 Å². The van der Waals surface area contributed by atoms with E-state index >= 15 is 0 Å². The quantitative estimate of drug-likeness (QED) is 0.104. The Balaban J connectivity index is 3.64. The zero-order valence-electron chi connectivity index (χ0n) is 17.7. The van der Waals surface area contributed by atoms with Gasteiger partial charge in [-0.1, -0.05) is 90.6 Å². The third kappa shape index (κ3) is 15.7. The molecular formula is C23H43ClO2. The highest BCUT2D eigenvalue weighted by molar-refractivity contribution is 6.23. The fourth-order valence-corrected chi connectivity index (χ4v) is 3.64. The van der Waals surface area contributed by atoms with E-state index in [1.54, 1.807) is 0 Å². The zero-order valence-corrected chi connectivity index (χ0v) is 18.4. The van der Waals surface area contributed by atoms with Gasteiger partial charge in [0.2, 0.25) is 0 Å². The van der Waals surface area contributed by atoms with Crippen LogP contribution in [0.2, 0.25) is 0 Å². The molecule has 0 aliphatic rings. The van der Waals surface area contributed by atoms with Gasteiger partial charge in [-0.15, -0.1) is 11.6 Å². The van der Waals surface area contributed by atoms with Gasteiger partial charge in [0.15, 0.2) is 0 Å². The van der Waals surface area contributed by atoms with Gasteiger partial charge >= 0.3 is 5.97 Å². The molecule has 0 saturated carbocycles. The van der Waals surface area contributed by atoms with Gasteiger partial charge in [-0.3, -0.25) is 0 Å². The molecule has 0 amide bonds. The molecule has 0 aromatic rings. The first kappa shape index (κ1) is 25.5. The molecule has 0 aliphatic heterocycles. The van der Waals surface area contributed by atoms with Gasteiger partial charge in [-0.05, 0) is 32.6 Å². The van der Waals surface area contributed by atoms with E-state index in [-0.39, 0.29) is 10.8 Å². The van der Waals surface area contributed by atoms with Gasteiger partial charge in [-0.25, -0.2) is 4.79 Å². The van der Waals surface area contributed by atoms with E-state index in [9.17, 15) is 4.79 Å². The number of hydrogen-bond acceptors (Lipinski definition) is 2. The van der Waals surface area contributed by atoms with E-state index in [4.69, 9.17) is 16.3 Å². The lowest BCUT2D eigenvalue weighted by Crippen LogP contribution is -2.26. The first-order valence-electron chi connectivity index (χ1n) is 10.9. The second kappa shape index (κ2) is 16.7. The number of rotatable bonds is 18. The Kier molecular flexibility index (Phi) is 16.3. The maximum Gasteiger partial charge on any atom is 0.330 e. The normalized spacial score (nSPS) is 12.8. The third-order valence-electron chi connectivity index (χ3n) is 5.25. The van der Waals surface area contributed by atoms with E-state index in [1.807, 2.05) is 0 Å². The lowest BCUT2D eigenvalue weighted by Gasteiger charge is -2.28. The predicted octanol–water partition coefficient (Wildman–Crippen LogP) is 7.83. The van der Waals surface area contributed by atoms with Crippen LogP contribution >= 0.6 is 11.6 Å². The number of carbonyl (C=O) groups is 1. The maximum absolute atomic E-state index is 11.1. The molecule has 0 aromatic carbocycles. The summed E-state index contributed by atoms with van der Waals surface area (Å²) in [5, 5.41) is 0. The highest BCUT2D eigenvalue weighted by Gasteiger charge is 2.26. The van der Waals surface area contributed by atoms with Crippen molar-refractivity contribution in [3.8, 4) is 0 Å². The van der Waals surface area contributed by atoms with Crippen LogP contribution in [0.3, 0.4) is 0 Å². The Bertz CT molecular complexity index is 347. The van der Waals surface area contributed by atoms with E-state index in [0.717, 1.165) is 12.8 Å². The molecule has 0 saturated heterocycles. The van der Waals surface area contributed by atoms with Crippen molar-refractivity contribution in [1.82, 2.24) is 0 Å². The standard InChI is InChI=1S/C23H43ClO2/c1-5-7-8-9-10-11-12-13-14-15-16-17-18-21(23(3,4)24)19-20-26-22(25)6-2/h6,21H,2,5,7-20H2,1,3-4H3. The van der Waals surface area contributed by atoms with Crippen LogP contribution in [0.25, 0.3) is 0 Å². The Morgan fingerprint density at radius 3 is 1.81 bits per heavy atom. The molecule has 0 heterocycles. The van der Waals surface area contributed by atoms with Gasteiger partial charge in [0.25, 0.3) is 0 Å². The number of carbonyl (C=O) groups excluding carboxylic acids is 1. The van der Waals surface area contributed by atoms with Crippen LogP contribution in [0, 0.1) is 5.92 Å². The smallest absolute Gasteiger partial charge is 0.330 e. The molecule has 1 atom stereocenters. The summed E-state index contributed by atoms with van der Waals surface area (Å²) in [5.41, 5.74) is 0. The van der Waals surface area contributed by atoms with Crippen molar-refractivity contribution in [1.29, 1.82) is 0 Å². The van der Waals surface area contributed by atoms with Crippen molar-refractivity contribution in [2.75, 3.05) is 6.61 Å². The van der Waals surface area contributed by atoms with Crippen molar-refractivity contribution >= 4 is 17.6 Å². The van der Waals surface area contributed by atoms with Crippen LogP contribution < -0.4 is 0 Å². The Morgan fingerprint density at radius 1 is 0.923 bits per heavy atom. The van der Waals surface area contributed by atoms with Gasteiger partial charge in [0.05, 0.1) is 6.61 Å². The third-order valence-corrected chi connectivity index (χ3v) is 5.56. The molecule has 0 aromatic heterocycles. The van der Waals surface area contributed by atoms with E-state index in [2.05, 4.69) is 27.4 Å². The number of hydrogen-bond donors (Lipinski definition) is 0. The predicted molar refractivity (Wildman–Crippen MR) is 115 cm³/mol. The van der Waals surface area contributed by atoms with Gasteiger partial charge in [0, 0.05) is 11.0 Å². The van der Waals surface area contributed by atoms with Crippen LogP contribution in [-0.4, -0.2) is 17.5 Å². The Labute approximate surface area is 168 Å². The summed E-state index contributed by atoms with van der Waals surface area (Å²) in [6, 6.07) is 0. The van der Waals surface area contributed by atoms with Crippen molar-refractivity contribution in [3.05, 3.63) is 12.7 Å². The molecule has 0 aliphatic carbocycles. The van der Waals surface area contributed by atoms with Crippen LogP contribution in [0.4, 0.5) is 0 Å². The highest BCUT2D eigenvalue weighted by atomic mass is 35.5. The molecule has 0 rings (SSSR count). The van der Waals surface area contributed by atoms with Gasteiger partial charge in [0.1, 0.15) is 0 Å². The minimum atomic E-state index is -0.346. The minimum Gasteiger partial charge on any atom is -0.463 e. The summed E-state index contributed by atoms with van der Waals surface area (Å²) in [6.45, 7) is 10.3. The fourth-order valence-electron chi connectivity index (χ4n) is 3.42.